The fraction of sp³-hybridized carbons (Fsp3) is 0.308. The van der Waals surface area contributed by atoms with E-state index in [4.69, 9.17) is 5.11 Å². The average Bonchev–Trinajstić information content (AvgIpc) is 3.08. The van der Waals surface area contributed by atoms with Crippen LogP contribution in [0.5, 0.6) is 0 Å². The van der Waals surface area contributed by atoms with Crippen molar-refractivity contribution in [1.82, 2.24) is 0 Å². The van der Waals surface area contributed by atoms with Gasteiger partial charge in [0.1, 0.15) is 0 Å². The smallest absolute Gasteiger partial charge is 0.416 e. The molecular weight excluding hydrogens is 291 g/mol. The number of anilines is 1. The van der Waals surface area contributed by atoms with E-state index < -0.39 is 47.3 Å². The number of nitrogens with zero attached hydrogens (tertiary/aromatic N) is 1. The molecule has 1 aromatic carbocycles. The summed E-state index contributed by atoms with van der Waals surface area (Å²) in [6.45, 7) is 0. The molecule has 1 N–H and O–H groups in total. The second-order valence-corrected chi connectivity index (χ2v) is 4.98. The molecule has 5 nitrogen and oxygen atoms in total. The van der Waals surface area contributed by atoms with Gasteiger partial charge in [-0.1, -0.05) is 6.07 Å². The molecule has 2 amide bonds. The lowest BCUT2D eigenvalue weighted by molar-refractivity contribution is -0.142. The van der Waals surface area contributed by atoms with Gasteiger partial charge in [0, 0.05) is 0 Å². The molecule has 2 atom stereocenters. The van der Waals surface area contributed by atoms with Gasteiger partial charge in [-0.25, -0.2) is 4.90 Å². The van der Waals surface area contributed by atoms with Gasteiger partial charge in [-0.2, -0.15) is 13.2 Å². The molecule has 0 bridgehead atoms. The molecule has 1 aliphatic carbocycles. The van der Waals surface area contributed by atoms with Crippen molar-refractivity contribution < 1.29 is 32.7 Å². The third kappa shape index (κ3) is 1.90. The molecule has 1 aromatic rings. The Balaban J connectivity index is 1.92. The van der Waals surface area contributed by atoms with Crippen LogP contribution in [0.25, 0.3) is 0 Å². The summed E-state index contributed by atoms with van der Waals surface area (Å²) in [4.78, 5) is 35.5. The lowest BCUT2D eigenvalue weighted by Crippen LogP contribution is -2.35. The van der Waals surface area contributed by atoms with Crippen molar-refractivity contribution in [3.8, 4) is 0 Å². The number of halogens is 3. The Morgan fingerprint density at radius 3 is 2.19 bits per heavy atom. The van der Waals surface area contributed by atoms with Crippen molar-refractivity contribution in [3.63, 3.8) is 0 Å². The summed E-state index contributed by atoms with van der Waals surface area (Å²) in [5.74, 6) is -5.70. The lowest BCUT2D eigenvalue weighted by Gasteiger charge is -2.19. The van der Waals surface area contributed by atoms with Crippen LogP contribution in [0.2, 0.25) is 0 Å². The maximum atomic E-state index is 12.6. The van der Waals surface area contributed by atoms with Crippen LogP contribution in [0.3, 0.4) is 0 Å². The molecule has 1 saturated carbocycles. The minimum atomic E-state index is -4.59. The molecule has 1 saturated heterocycles. The zero-order valence-electron chi connectivity index (χ0n) is 10.3. The highest BCUT2D eigenvalue weighted by molar-refractivity contribution is 6.27. The van der Waals surface area contributed by atoms with Crippen molar-refractivity contribution >= 4 is 23.5 Å². The number of aliphatic carboxylic acids is 1. The predicted molar refractivity (Wildman–Crippen MR) is 62.0 cm³/mol. The zero-order valence-corrected chi connectivity index (χ0v) is 10.3. The summed E-state index contributed by atoms with van der Waals surface area (Å²) in [6, 6.07) is 3.84. The largest absolute Gasteiger partial charge is 0.481 e. The predicted octanol–water partition coefficient (Wildman–Crippen LogP) is 1.53. The lowest BCUT2D eigenvalue weighted by atomic mass is 10.1. The summed E-state index contributed by atoms with van der Waals surface area (Å²) in [5.41, 5.74) is -1.16. The van der Waals surface area contributed by atoms with Crippen LogP contribution in [0.15, 0.2) is 24.3 Å². The molecule has 110 valence electrons. The summed E-state index contributed by atoms with van der Waals surface area (Å²) in [5, 5.41) is 8.83. The number of carboxylic acids is 1. The standard InChI is InChI=1S/C13H8F3NO4/c14-13(15,16)5-2-1-3-6(4-5)17-10(18)7-8(11(17)19)9(7)12(20)21/h1-4,7-9H,(H,20,21). The number of carboxylic acid groups (broad SMARTS) is 1. The number of amides is 2. The third-order valence-corrected chi connectivity index (χ3v) is 3.75. The number of fused-ring (bicyclic) bond motifs is 1. The summed E-state index contributed by atoms with van der Waals surface area (Å²) in [7, 11) is 0. The van der Waals surface area contributed by atoms with E-state index in [2.05, 4.69) is 0 Å². The second-order valence-electron chi connectivity index (χ2n) is 4.98. The third-order valence-electron chi connectivity index (χ3n) is 3.75. The number of piperidine rings is 1. The van der Waals surface area contributed by atoms with Crippen LogP contribution in [-0.4, -0.2) is 22.9 Å². The maximum absolute atomic E-state index is 12.6. The Labute approximate surface area is 116 Å². The highest BCUT2D eigenvalue weighted by atomic mass is 19.4. The monoisotopic (exact) mass is 299 g/mol. The number of carbonyl (C=O) groups excluding carboxylic acids is 2. The van der Waals surface area contributed by atoms with E-state index in [1.54, 1.807) is 0 Å². The quantitative estimate of drug-likeness (QED) is 0.840. The molecule has 8 heteroatoms. The second kappa shape index (κ2) is 4.06. The number of rotatable bonds is 2. The van der Waals surface area contributed by atoms with Gasteiger partial charge >= 0.3 is 12.1 Å². The number of imide groups is 1. The first kappa shape index (κ1) is 13.6. The zero-order chi connectivity index (χ0) is 15.5. The van der Waals surface area contributed by atoms with Crippen molar-refractivity contribution in [2.45, 2.75) is 6.18 Å². The van der Waals surface area contributed by atoms with Gasteiger partial charge in [0.05, 0.1) is 29.0 Å². The first-order valence-corrected chi connectivity index (χ1v) is 6.01. The molecule has 21 heavy (non-hydrogen) atoms. The van der Waals surface area contributed by atoms with Crippen LogP contribution in [-0.2, 0) is 20.6 Å². The van der Waals surface area contributed by atoms with Crippen LogP contribution in [0, 0.1) is 17.8 Å². The van der Waals surface area contributed by atoms with Gasteiger partial charge in [0.2, 0.25) is 11.8 Å². The van der Waals surface area contributed by atoms with E-state index in [-0.39, 0.29) is 5.69 Å². The van der Waals surface area contributed by atoms with Gasteiger partial charge in [0.15, 0.2) is 0 Å². The van der Waals surface area contributed by atoms with Gasteiger partial charge in [-0.05, 0) is 18.2 Å². The molecule has 1 aliphatic heterocycles. The summed E-state index contributed by atoms with van der Waals surface area (Å²) in [6.07, 6.45) is -4.59. The molecule has 2 fully saturated rings. The van der Waals surface area contributed by atoms with Crippen molar-refractivity contribution in [2.75, 3.05) is 4.90 Å². The van der Waals surface area contributed by atoms with Crippen molar-refractivity contribution in [1.29, 1.82) is 0 Å². The fourth-order valence-electron chi connectivity index (χ4n) is 2.72. The molecule has 0 aromatic heterocycles. The first-order chi connectivity index (χ1) is 9.73. The Morgan fingerprint density at radius 1 is 1.14 bits per heavy atom. The molecule has 1 heterocycles. The van der Waals surface area contributed by atoms with Gasteiger partial charge in [-0.3, -0.25) is 14.4 Å². The number of benzene rings is 1. The van der Waals surface area contributed by atoms with Crippen LogP contribution in [0.4, 0.5) is 18.9 Å². The van der Waals surface area contributed by atoms with Crippen LogP contribution >= 0.6 is 0 Å². The molecule has 2 aliphatic rings. The number of hydrogen-bond donors (Lipinski definition) is 1. The molecule has 0 radical (unpaired) electrons. The average molecular weight is 299 g/mol. The normalized spacial score (nSPS) is 27.8. The molecule has 2 unspecified atom stereocenters. The number of hydrogen-bond acceptors (Lipinski definition) is 3. The summed E-state index contributed by atoms with van der Waals surface area (Å²) >= 11 is 0. The minimum Gasteiger partial charge on any atom is -0.481 e. The van der Waals surface area contributed by atoms with E-state index in [9.17, 15) is 27.6 Å². The number of carbonyl (C=O) groups is 3. The Morgan fingerprint density at radius 2 is 1.71 bits per heavy atom. The van der Waals surface area contributed by atoms with E-state index in [0.717, 1.165) is 12.1 Å². The van der Waals surface area contributed by atoms with E-state index in [1.807, 2.05) is 0 Å². The van der Waals surface area contributed by atoms with Gasteiger partial charge in [-0.15, -0.1) is 0 Å². The van der Waals surface area contributed by atoms with Gasteiger partial charge < -0.3 is 5.11 Å². The first-order valence-electron chi connectivity index (χ1n) is 6.01. The minimum absolute atomic E-state index is 0.184. The van der Waals surface area contributed by atoms with Crippen molar-refractivity contribution in [2.24, 2.45) is 17.8 Å². The topological polar surface area (TPSA) is 74.7 Å². The van der Waals surface area contributed by atoms with Crippen LogP contribution in [0.1, 0.15) is 5.56 Å². The molecule has 3 rings (SSSR count). The Bertz CT molecular complexity index is 648. The summed E-state index contributed by atoms with van der Waals surface area (Å²) < 4.78 is 37.9. The van der Waals surface area contributed by atoms with Gasteiger partial charge in [0.25, 0.3) is 0 Å². The van der Waals surface area contributed by atoms with E-state index >= 15 is 0 Å². The Hall–Kier alpha value is -2.38. The molecule has 0 spiro atoms. The van der Waals surface area contributed by atoms with Crippen molar-refractivity contribution in [3.05, 3.63) is 29.8 Å². The highest BCUT2D eigenvalue weighted by Gasteiger charge is 2.70. The van der Waals surface area contributed by atoms with Crippen LogP contribution < -0.4 is 4.90 Å². The SMILES string of the molecule is O=C(O)C1C2C(=O)N(c3cccc(C(F)(F)F)c3)C(=O)C12. The van der Waals surface area contributed by atoms with E-state index in [0.29, 0.717) is 11.0 Å². The highest BCUT2D eigenvalue weighted by Crippen LogP contribution is 2.54. The maximum Gasteiger partial charge on any atom is 0.416 e. The van der Waals surface area contributed by atoms with E-state index in [1.165, 1.54) is 6.07 Å². The Kier molecular flexibility index (Phi) is 2.63. The fourth-order valence-corrected chi connectivity index (χ4v) is 2.72. The molecular formula is C13H8F3NO4. The number of alkyl halides is 3.